The van der Waals surface area contributed by atoms with E-state index >= 15 is 0 Å². The lowest BCUT2D eigenvalue weighted by Gasteiger charge is -2.31. The Morgan fingerprint density at radius 1 is 0.939 bits per heavy atom. The minimum Gasteiger partial charge on any atom is -0.465 e. The van der Waals surface area contributed by atoms with Crippen molar-refractivity contribution in [3.05, 3.63) is 102 Å². The fourth-order valence-electron chi connectivity index (χ4n) is 4.32. The quantitative estimate of drug-likeness (QED) is 0.506. The van der Waals surface area contributed by atoms with Crippen LogP contribution >= 0.6 is 0 Å². The fourth-order valence-corrected chi connectivity index (χ4v) is 4.32. The second kappa shape index (κ2) is 11.3. The van der Waals surface area contributed by atoms with Gasteiger partial charge in [0.2, 0.25) is 11.8 Å². The monoisotopic (exact) mass is 442 g/mol. The SMILES string of the molecule is O=C(CC(c1ccccc1)c1ccccc1)NCC1CCN(C(=O)/C=C/c2ccco2)CC1. The van der Waals surface area contributed by atoms with Crippen molar-refractivity contribution >= 4 is 17.9 Å². The predicted octanol–water partition coefficient (Wildman–Crippen LogP) is 4.87. The standard InChI is InChI=1S/C28H30N2O3/c31-27(20-26(23-8-3-1-4-9-23)24-10-5-2-6-11-24)29-21-22-15-17-30(18-16-22)28(32)14-13-25-12-7-19-33-25/h1-14,19,22,26H,15-18,20-21H2,(H,29,31)/b14-13+. The molecule has 2 heterocycles. The Hall–Kier alpha value is -3.60. The Balaban J connectivity index is 1.25. The highest BCUT2D eigenvalue weighted by atomic mass is 16.3. The molecule has 2 aromatic carbocycles. The first kappa shape index (κ1) is 22.6. The number of hydrogen-bond donors (Lipinski definition) is 1. The molecule has 5 nitrogen and oxygen atoms in total. The lowest BCUT2D eigenvalue weighted by Crippen LogP contribution is -2.41. The van der Waals surface area contributed by atoms with Gasteiger partial charge in [-0.15, -0.1) is 0 Å². The van der Waals surface area contributed by atoms with Crippen LogP contribution in [0.15, 0.2) is 89.6 Å². The van der Waals surface area contributed by atoms with E-state index in [1.807, 2.05) is 47.4 Å². The van der Waals surface area contributed by atoms with E-state index in [2.05, 4.69) is 29.6 Å². The third-order valence-electron chi connectivity index (χ3n) is 6.24. The minimum atomic E-state index is 0.00227. The Kier molecular flexibility index (Phi) is 7.75. The van der Waals surface area contributed by atoms with E-state index in [9.17, 15) is 9.59 Å². The number of nitrogens with one attached hydrogen (secondary N) is 1. The van der Waals surface area contributed by atoms with Crippen LogP contribution in [-0.2, 0) is 9.59 Å². The van der Waals surface area contributed by atoms with E-state index in [1.165, 1.54) is 0 Å². The van der Waals surface area contributed by atoms with E-state index < -0.39 is 0 Å². The summed E-state index contributed by atoms with van der Waals surface area (Å²) in [6.45, 7) is 2.07. The number of amides is 2. The number of rotatable bonds is 8. The average molecular weight is 443 g/mol. The van der Waals surface area contributed by atoms with Gasteiger partial charge < -0.3 is 14.6 Å². The summed E-state index contributed by atoms with van der Waals surface area (Å²) in [5.74, 6) is 1.16. The Morgan fingerprint density at radius 3 is 2.15 bits per heavy atom. The Labute approximate surface area is 195 Å². The van der Waals surface area contributed by atoms with E-state index in [4.69, 9.17) is 4.42 Å². The lowest BCUT2D eigenvalue weighted by molar-refractivity contribution is -0.127. The van der Waals surface area contributed by atoms with Crippen LogP contribution in [0, 0.1) is 5.92 Å². The molecule has 1 aromatic heterocycles. The van der Waals surface area contributed by atoms with E-state index in [0.717, 1.165) is 24.0 Å². The second-order valence-corrected chi connectivity index (χ2v) is 8.50. The number of hydrogen-bond acceptors (Lipinski definition) is 3. The van der Waals surface area contributed by atoms with Gasteiger partial charge in [-0.05, 0) is 48.1 Å². The fraction of sp³-hybridized carbons (Fsp3) is 0.286. The molecule has 1 fully saturated rings. The molecular weight excluding hydrogens is 412 g/mol. The van der Waals surface area contributed by atoms with Crippen molar-refractivity contribution in [2.24, 2.45) is 5.92 Å². The highest BCUT2D eigenvalue weighted by Gasteiger charge is 2.23. The molecule has 1 aliphatic rings. The molecule has 4 rings (SSSR count). The Morgan fingerprint density at radius 2 is 1.58 bits per heavy atom. The molecule has 0 spiro atoms. The number of benzene rings is 2. The molecule has 3 aromatic rings. The summed E-state index contributed by atoms with van der Waals surface area (Å²) in [4.78, 5) is 27.1. The van der Waals surface area contributed by atoms with Crippen LogP contribution in [0.25, 0.3) is 6.08 Å². The van der Waals surface area contributed by atoms with Crippen molar-refractivity contribution in [2.75, 3.05) is 19.6 Å². The smallest absolute Gasteiger partial charge is 0.246 e. The van der Waals surface area contributed by atoms with Crippen molar-refractivity contribution in [2.45, 2.75) is 25.2 Å². The van der Waals surface area contributed by atoms with Gasteiger partial charge in [0.15, 0.2) is 0 Å². The minimum absolute atomic E-state index is 0.00227. The molecule has 0 atom stereocenters. The summed E-state index contributed by atoms with van der Waals surface area (Å²) < 4.78 is 5.23. The summed E-state index contributed by atoms with van der Waals surface area (Å²) in [6.07, 6.45) is 7.05. The van der Waals surface area contributed by atoms with Crippen LogP contribution in [-0.4, -0.2) is 36.3 Å². The number of furan rings is 1. The highest BCUT2D eigenvalue weighted by Crippen LogP contribution is 2.28. The average Bonchev–Trinajstić information content (AvgIpc) is 3.40. The molecule has 0 radical (unpaired) electrons. The van der Waals surface area contributed by atoms with Crippen LogP contribution in [0.4, 0.5) is 0 Å². The maximum absolute atomic E-state index is 12.8. The maximum Gasteiger partial charge on any atom is 0.246 e. The van der Waals surface area contributed by atoms with Gasteiger partial charge in [-0.1, -0.05) is 60.7 Å². The Bertz CT molecular complexity index is 998. The van der Waals surface area contributed by atoms with Gasteiger partial charge in [-0.25, -0.2) is 0 Å². The van der Waals surface area contributed by atoms with Crippen LogP contribution in [0.2, 0.25) is 0 Å². The first-order valence-corrected chi connectivity index (χ1v) is 11.6. The van der Waals surface area contributed by atoms with Gasteiger partial charge >= 0.3 is 0 Å². The van der Waals surface area contributed by atoms with Gasteiger partial charge in [0, 0.05) is 38.0 Å². The molecular formula is C28H30N2O3. The molecule has 1 aliphatic heterocycles. The molecule has 1 N–H and O–H groups in total. The van der Waals surface area contributed by atoms with Gasteiger partial charge in [0.05, 0.1) is 6.26 Å². The maximum atomic E-state index is 12.8. The zero-order chi connectivity index (χ0) is 22.9. The predicted molar refractivity (Wildman–Crippen MR) is 129 cm³/mol. The zero-order valence-electron chi connectivity index (χ0n) is 18.7. The van der Waals surface area contributed by atoms with Crippen molar-refractivity contribution < 1.29 is 14.0 Å². The first-order valence-electron chi connectivity index (χ1n) is 11.6. The molecule has 0 bridgehead atoms. The number of nitrogens with zero attached hydrogens (tertiary/aromatic N) is 1. The van der Waals surface area contributed by atoms with Gasteiger partial charge in [0.25, 0.3) is 0 Å². The van der Waals surface area contributed by atoms with E-state index in [1.54, 1.807) is 24.5 Å². The van der Waals surface area contributed by atoms with Crippen LogP contribution in [0.1, 0.15) is 42.1 Å². The largest absolute Gasteiger partial charge is 0.465 e. The summed E-state index contributed by atoms with van der Waals surface area (Å²) in [5, 5.41) is 3.14. The molecule has 0 aliphatic carbocycles. The molecule has 170 valence electrons. The second-order valence-electron chi connectivity index (χ2n) is 8.50. The van der Waals surface area contributed by atoms with Crippen molar-refractivity contribution in [3.63, 3.8) is 0 Å². The summed E-state index contributed by atoms with van der Waals surface area (Å²) in [5.41, 5.74) is 2.29. The molecule has 0 saturated carbocycles. The topological polar surface area (TPSA) is 62.6 Å². The normalized spacial score (nSPS) is 14.6. The van der Waals surface area contributed by atoms with Crippen molar-refractivity contribution in [1.82, 2.24) is 10.2 Å². The van der Waals surface area contributed by atoms with E-state index in [-0.39, 0.29) is 17.7 Å². The van der Waals surface area contributed by atoms with Gasteiger partial charge in [0.1, 0.15) is 5.76 Å². The van der Waals surface area contributed by atoms with Crippen molar-refractivity contribution in [3.8, 4) is 0 Å². The third-order valence-corrected chi connectivity index (χ3v) is 6.24. The number of carbonyl (C=O) groups is 2. The van der Waals surface area contributed by atoms with E-state index in [0.29, 0.717) is 37.7 Å². The third kappa shape index (κ3) is 6.45. The molecule has 5 heteroatoms. The summed E-state index contributed by atoms with van der Waals surface area (Å²) in [6, 6.07) is 24.0. The van der Waals surface area contributed by atoms with Crippen LogP contribution in [0.5, 0.6) is 0 Å². The molecule has 1 saturated heterocycles. The number of piperidine rings is 1. The van der Waals surface area contributed by atoms with Crippen molar-refractivity contribution in [1.29, 1.82) is 0 Å². The van der Waals surface area contributed by atoms with Gasteiger partial charge in [-0.3, -0.25) is 9.59 Å². The van der Waals surface area contributed by atoms with Crippen LogP contribution in [0.3, 0.4) is 0 Å². The van der Waals surface area contributed by atoms with Crippen LogP contribution < -0.4 is 5.32 Å². The number of likely N-dealkylation sites (tertiary alicyclic amines) is 1. The molecule has 33 heavy (non-hydrogen) atoms. The molecule has 2 amide bonds. The first-order chi connectivity index (χ1) is 16.2. The van der Waals surface area contributed by atoms with Gasteiger partial charge in [-0.2, -0.15) is 0 Å². The summed E-state index contributed by atoms with van der Waals surface area (Å²) >= 11 is 0. The lowest BCUT2D eigenvalue weighted by atomic mass is 9.88. The number of carbonyl (C=O) groups excluding carboxylic acids is 2. The zero-order valence-corrected chi connectivity index (χ0v) is 18.7. The highest BCUT2D eigenvalue weighted by molar-refractivity contribution is 5.91. The molecule has 0 unspecified atom stereocenters. The summed E-state index contributed by atoms with van der Waals surface area (Å²) in [7, 11) is 0.